The van der Waals surface area contributed by atoms with E-state index in [9.17, 15) is 14.7 Å². The van der Waals surface area contributed by atoms with Crippen LogP contribution in [0, 0.1) is 5.41 Å². The number of carboxylic acids is 1. The van der Waals surface area contributed by atoms with E-state index in [0.717, 1.165) is 25.0 Å². The van der Waals surface area contributed by atoms with E-state index in [1.807, 2.05) is 0 Å². The van der Waals surface area contributed by atoms with Crippen molar-refractivity contribution in [2.24, 2.45) is 5.41 Å². The molecular weight excluding hydrogens is 254 g/mol. The number of aliphatic carboxylic acids is 1. The van der Waals surface area contributed by atoms with Gasteiger partial charge in [0.1, 0.15) is 5.41 Å². The molecule has 1 amide bonds. The summed E-state index contributed by atoms with van der Waals surface area (Å²) in [6.07, 6.45) is 3.12. The van der Waals surface area contributed by atoms with Crippen molar-refractivity contribution in [2.75, 3.05) is 19.0 Å². The van der Waals surface area contributed by atoms with Gasteiger partial charge in [0.2, 0.25) is 5.91 Å². The molecule has 0 aromatic rings. The predicted molar refractivity (Wildman–Crippen MR) is 68.6 cm³/mol. The van der Waals surface area contributed by atoms with Crippen LogP contribution in [-0.4, -0.2) is 47.2 Å². The maximum absolute atomic E-state index is 12.1. The van der Waals surface area contributed by atoms with Gasteiger partial charge in [-0.05, 0) is 25.5 Å². The molecule has 0 aromatic heterocycles. The first-order valence-corrected chi connectivity index (χ1v) is 7.32. The molecule has 0 saturated carbocycles. The van der Waals surface area contributed by atoms with Crippen molar-refractivity contribution in [1.29, 1.82) is 0 Å². The van der Waals surface area contributed by atoms with Gasteiger partial charge < -0.3 is 15.2 Å². The van der Waals surface area contributed by atoms with Crippen molar-refractivity contribution in [3.8, 4) is 0 Å². The Labute approximate surface area is 111 Å². The monoisotopic (exact) mass is 273 g/mol. The third-order valence-electron chi connectivity index (χ3n) is 3.73. The van der Waals surface area contributed by atoms with E-state index < -0.39 is 17.4 Å². The van der Waals surface area contributed by atoms with E-state index >= 15 is 0 Å². The number of hydrogen-bond acceptors (Lipinski definition) is 4. The lowest BCUT2D eigenvalue weighted by Gasteiger charge is -2.28. The van der Waals surface area contributed by atoms with Gasteiger partial charge in [-0.25, -0.2) is 0 Å². The Bertz CT molecular complexity index is 343. The molecular formula is C12H19NO4S. The molecule has 2 aliphatic heterocycles. The summed E-state index contributed by atoms with van der Waals surface area (Å²) in [4.78, 5) is 23.3. The molecule has 0 bridgehead atoms. The molecule has 5 nitrogen and oxygen atoms in total. The lowest BCUT2D eigenvalue weighted by molar-refractivity contribution is -0.149. The summed E-state index contributed by atoms with van der Waals surface area (Å²) >= 11 is 1.66. The summed E-state index contributed by atoms with van der Waals surface area (Å²) in [5, 5.41) is 12.1. The van der Waals surface area contributed by atoms with Crippen molar-refractivity contribution in [3.63, 3.8) is 0 Å². The zero-order valence-electron chi connectivity index (χ0n) is 10.5. The van der Waals surface area contributed by atoms with Crippen molar-refractivity contribution >= 4 is 23.6 Å². The standard InChI is InChI=1S/C12H19NO4S/c1-12(11(15)16)7-17-6-9(12)13-10(14)8-4-2-3-5-18-8/h8-9H,2-7H2,1H3,(H,13,14)(H,15,16). The van der Waals surface area contributed by atoms with Crippen LogP contribution in [0.1, 0.15) is 26.2 Å². The molecule has 0 spiro atoms. The zero-order valence-corrected chi connectivity index (χ0v) is 11.3. The zero-order chi connectivity index (χ0) is 13.2. The predicted octanol–water partition coefficient (Wildman–Crippen LogP) is 0.878. The molecule has 3 atom stereocenters. The smallest absolute Gasteiger partial charge is 0.313 e. The van der Waals surface area contributed by atoms with Crippen LogP contribution in [0.5, 0.6) is 0 Å². The summed E-state index contributed by atoms with van der Waals surface area (Å²) in [6, 6.07) is -0.426. The highest BCUT2D eigenvalue weighted by Crippen LogP contribution is 2.30. The minimum absolute atomic E-state index is 0.0302. The molecule has 102 valence electrons. The Morgan fingerprint density at radius 3 is 2.83 bits per heavy atom. The van der Waals surface area contributed by atoms with E-state index in [1.54, 1.807) is 18.7 Å². The minimum atomic E-state index is -1.00. The highest BCUT2D eigenvalue weighted by molar-refractivity contribution is 8.00. The summed E-state index contributed by atoms with van der Waals surface area (Å²) in [6.45, 7) is 2.07. The van der Waals surface area contributed by atoms with E-state index in [0.29, 0.717) is 0 Å². The molecule has 2 saturated heterocycles. The second kappa shape index (κ2) is 5.48. The average Bonchev–Trinajstić information content (AvgIpc) is 2.73. The maximum Gasteiger partial charge on any atom is 0.313 e. The lowest BCUT2D eigenvalue weighted by Crippen LogP contribution is -2.51. The average molecular weight is 273 g/mol. The molecule has 3 unspecified atom stereocenters. The Kier molecular flexibility index (Phi) is 4.17. The molecule has 2 aliphatic rings. The highest BCUT2D eigenvalue weighted by atomic mass is 32.2. The van der Waals surface area contributed by atoms with Gasteiger partial charge in [0, 0.05) is 0 Å². The molecule has 2 fully saturated rings. The first kappa shape index (κ1) is 13.7. The highest BCUT2D eigenvalue weighted by Gasteiger charge is 2.47. The molecule has 0 radical (unpaired) electrons. The van der Waals surface area contributed by atoms with E-state index in [4.69, 9.17) is 4.74 Å². The van der Waals surface area contributed by atoms with Gasteiger partial charge >= 0.3 is 5.97 Å². The van der Waals surface area contributed by atoms with Gasteiger partial charge in [0.15, 0.2) is 0 Å². The fourth-order valence-corrected chi connectivity index (χ4v) is 3.51. The first-order chi connectivity index (χ1) is 8.54. The van der Waals surface area contributed by atoms with Crippen LogP contribution >= 0.6 is 11.8 Å². The van der Waals surface area contributed by atoms with Crippen molar-refractivity contribution in [3.05, 3.63) is 0 Å². The van der Waals surface area contributed by atoms with Gasteiger partial charge in [0.05, 0.1) is 24.5 Å². The Morgan fingerprint density at radius 2 is 2.22 bits per heavy atom. The number of amides is 1. The summed E-state index contributed by atoms with van der Waals surface area (Å²) in [5.74, 6) is 0.0550. The molecule has 6 heteroatoms. The van der Waals surface area contributed by atoms with Crippen LogP contribution < -0.4 is 5.32 Å². The maximum atomic E-state index is 12.1. The van der Waals surface area contributed by atoms with Gasteiger partial charge in [-0.15, -0.1) is 11.8 Å². The minimum Gasteiger partial charge on any atom is -0.481 e. The van der Waals surface area contributed by atoms with Gasteiger partial charge in [-0.3, -0.25) is 9.59 Å². The van der Waals surface area contributed by atoms with Crippen LogP contribution in [0.3, 0.4) is 0 Å². The van der Waals surface area contributed by atoms with Gasteiger partial charge in [-0.1, -0.05) is 6.42 Å². The second-order valence-electron chi connectivity index (χ2n) is 5.15. The van der Waals surface area contributed by atoms with Gasteiger partial charge in [-0.2, -0.15) is 0 Å². The number of ether oxygens (including phenoxy) is 1. The van der Waals surface area contributed by atoms with E-state index in [2.05, 4.69) is 5.32 Å². The fourth-order valence-electron chi connectivity index (χ4n) is 2.30. The number of thioether (sulfide) groups is 1. The Balaban J connectivity index is 1.95. The van der Waals surface area contributed by atoms with Crippen LogP contribution in [-0.2, 0) is 14.3 Å². The normalized spacial score (nSPS) is 36.3. The molecule has 0 aliphatic carbocycles. The third-order valence-corrected chi connectivity index (χ3v) is 5.11. The molecule has 2 heterocycles. The van der Waals surface area contributed by atoms with Crippen molar-refractivity contribution in [2.45, 2.75) is 37.5 Å². The number of rotatable bonds is 3. The third kappa shape index (κ3) is 2.64. The molecule has 2 N–H and O–H groups in total. The SMILES string of the molecule is CC1(C(=O)O)COCC1NC(=O)C1CCCCS1. The van der Waals surface area contributed by atoms with Gasteiger partial charge in [0.25, 0.3) is 0 Å². The number of carbonyl (C=O) groups excluding carboxylic acids is 1. The summed E-state index contributed by atoms with van der Waals surface area (Å²) in [7, 11) is 0. The molecule has 2 rings (SSSR count). The Morgan fingerprint density at radius 1 is 1.44 bits per heavy atom. The molecule has 0 aromatic carbocycles. The van der Waals surface area contributed by atoms with Crippen molar-refractivity contribution in [1.82, 2.24) is 5.32 Å². The van der Waals surface area contributed by atoms with Crippen LogP contribution in [0.2, 0.25) is 0 Å². The van der Waals surface area contributed by atoms with Crippen LogP contribution in [0.15, 0.2) is 0 Å². The van der Waals surface area contributed by atoms with Crippen molar-refractivity contribution < 1.29 is 19.4 Å². The first-order valence-electron chi connectivity index (χ1n) is 6.27. The number of carboxylic acid groups (broad SMARTS) is 1. The largest absolute Gasteiger partial charge is 0.481 e. The van der Waals surface area contributed by atoms with Crippen LogP contribution in [0.25, 0.3) is 0 Å². The summed E-state index contributed by atoms with van der Waals surface area (Å²) < 4.78 is 5.22. The number of hydrogen-bond donors (Lipinski definition) is 2. The fraction of sp³-hybridized carbons (Fsp3) is 0.833. The Hall–Kier alpha value is -0.750. The van der Waals surface area contributed by atoms with Crippen LogP contribution in [0.4, 0.5) is 0 Å². The number of nitrogens with one attached hydrogen (secondary N) is 1. The lowest BCUT2D eigenvalue weighted by atomic mass is 9.85. The van der Waals surface area contributed by atoms with E-state index in [-0.39, 0.29) is 24.4 Å². The summed E-state index contributed by atoms with van der Waals surface area (Å²) in [5.41, 5.74) is -1.00. The number of carbonyl (C=O) groups is 2. The molecule has 18 heavy (non-hydrogen) atoms. The second-order valence-corrected chi connectivity index (χ2v) is 6.46. The van der Waals surface area contributed by atoms with E-state index in [1.165, 1.54) is 0 Å². The quantitative estimate of drug-likeness (QED) is 0.798. The topological polar surface area (TPSA) is 75.6 Å².